The first-order valence-electron chi connectivity index (χ1n) is 10.5. The molecule has 1 amide bonds. The number of benzene rings is 1. The molecular formula is C21H32ClN3O3S. The molecule has 1 aromatic carbocycles. The fraction of sp³-hybridized carbons (Fsp3) is 0.667. The predicted octanol–water partition coefficient (Wildman–Crippen LogP) is 3.12. The summed E-state index contributed by atoms with van der Waals surface area (Å²) in [6, 6.07) is 6.23. The van der Waals surface area contributed by atoms with Gasteiger partial charge in [0.15, 0.2) is 0 Å². The van der Waals surface area contributed by atoms with Crippen molar-refractivity contribution in [1.82, 2.24) is 14.5 Å². The highest BCUT2D eigenvalue weighted by molar-refractivity contribution is 7.89. The summed E-state index contributed by atoms with van der Waals surface area (Å²) in [4.78, 5) is 15.3. The lowest BCUT2D eigenvalue weighted by Crippen LogP contribution is -2.55. The average Bonchev–Trinajstić information content (AvgIpc) is 2.73. The van der Waals surface area contributed by atoms with Gasteiger partial charge in [0.1, 0.15) is 0 Å². The van der Waals surface area contributed by atoms with E-state index in [4.69, 9.17) is 11.6 Å². The van der Waals surface area contributed by atoms with Crippen LogP contribution in [0.15, 0.2) is 29.2 Å². The minimum absolute atomic E-state index is 0.0481. The van der Waals surface area contributed by atoms with Gasteiger partial charge in [0, 0.05) is 36.1 Å². The van der Waals surface area contributed by atoms with Crippen LogP contribution in [-0.2, 0) is 14.8 Å². The van der Waals surface area contributed by atoms with E-state index in [0.717, 1.165) is 12.8 Å². The van der Waals surface area contributed by atoms with Crippen LogP contribution in [0, 0.1) is 5.92 Å². The zero-order valence-electron chi connectivity index (χ0n) is 17.4. The van der Waals surface area contributed by atoms with E-state index in [1.54, 1.807) is 12.1 Å². The molecule has 0 spiro atoms. The van der Waals surface area contributed by atoms with Gasteiger partial charge in [-0.2, -0.15) is 4.31 Å². The molecule has 2 aliphatic rings. The van der Waals surface area contributed by atoms with Gasteiger partial charge in [-0.25, -0.2) is 8.42 Å². The Bertz CT molecular complexity index is 797. The first-order valence-corrected chi connectivity index (χ1v) is 12.3. The van der Waals surface area contributed by atoms with Crippen LogP contribution >= 0.6 is 11.6 Å². The molecular weight excluding hydrogens is 410 g/mol. The van der Waals surface area contributed by atoms with Gasteiger partial charge in [0.25, 0.3) is 0 Å². The quantitative estimate of drug-likeness (QED) is 0.736. The van der Waals surface area contributed by atoms with Gasteiger partial charge in [-0.05, 0) is 64.0 Å². The molecule has 0 atom stereocenters. The van der Waals surface area contributed by atoms with Crippen LogP contribution in [0.25, 0.3) is 0 Å². The minimum Gasteiger partial charge on any atom is -0.354 e. The highest BCUT2D eigenvalue weighted by atomic mass is 35.5. The van der Waals surface area contributed by atoms with Gasteiger partial charge in [-0.15, -0.1) is 0 Å². The Kier molecular flexibility index (Phi) is 7.25. The number of sulfonamides is 1. The molecule has 2 fully saturated rings. The zero-order chi connectivity index (χ0) is 21.1. The molecule has 0 radical (unpaired) electrons. The van der Waals surface area contributed by atoms with Gasteiger partial charge in [0.05, 0.1) is 4.90 Å². The molecule has 29 heavy (non-hydrogen) atoms. The van der Waals surface area contributed by atoms with Crippen molar-refractivity contribution in [3.63, 3.8) is 0 Å². The molecule has 1 aliphatic heterocycles. The second-order valence-corrected chi connectivity index (χ2v) is 10.9. The Balaban J connectivity index is 1.54. The van der Waals surface area contributed by atoms with E-state index in [9.17, 15) is 13.2 Å². The Hall–Kier alpha value is -1.15. The summed E-state index contributed by atoms with van der Waals surface area (Å²) in [6.07, 6.45) is 6.99. The number of carbonyl (C=O) groups is 1. The highest BCUT2D eigenvalue weighted by Crippen LogP contribution is 2.32. The van der Waals surface area contributed by atoms with Gasteiger partial charge < -0.3 is 10.2 Å². The molecule has 1 heterocycles. The van der Waals surface area contributed by atoms with Crippen molar-refractivity contribution in [3.8, 4) is 0 Å². The van der Waals surface area contributed by atoms with E-state index < -0.39 is 10.0 Å². The smallest absolute Gasteiger partial charge is 0.243 e. The van der Waals surface area contributed by atoms with Gasteiger partial charge in [-0.1, -0.05) is 30.9 Å². The SMILES string of the molecule is CN(C)C1(CNC(=O)C2CCN(S(=O)(=O)c3ccc(Cl)cc3)CC2)CCCCC1. The Labute approximate surface area is 179 Å². The number of hydrogen-bond donors (Lipinski definition) is 1. The fourth-order valence-corrected chi connectivity index (χ4v) is 6.10. The van der Waals surface area contributed by atoms with Crippen LogP contribution < -0.4 is 5.32 Å². The Morgan fingerprint density at radius 2 is 1.72 bits per heavy atom. The molecule has 162 valence electrons. The van der Waals surface area contributed by atoms with Gasteiger partial charge in [0.2, 0.25) is 15.9 Å². The van der Waals surface area contributed by atoms with Crippen LogP contribution in [-0.4, -0.2) is 62.8 Å². The molecule has 0 unspecified atom stereocenters. The number of nitrogens with zero attached hydrogens (tertiary/aromatic N) is 2. The van der Waals surface area contributed by atoms with Gasteiger partial charge in [-0.3, -0.25) is 4.79 Å². The number of piperidine rings is 1. The van der Waals surface area contributed by atoms with Crippen molar-refractivity contribution in [2.75, 3.05) is 33.7 Å². The first kappa shape index (κ1) is 22.5. The maximum atomic E-state index is 12.8. The number of likely N-dealkylation sites (N-methyl/N-ethyl adjacent to an activating group) is 1. The lowest BCUT2D eigenvalue weighted by Gasteiger charge is -2.43. The van der Waals surface area contributed by atoms with E-state index in [0.29, 0.717) is 37.5 Å². The number of halogens is 1. The van der Waals surface area contributed by atoms with Crippen molar-refractivity contribution in [2.45, 2.75) is 55.4 Å². The molecule has 1 saturated heterocycles. The number of carbonyl (C=O) groups excluding carboxylic acids is 1. The summed E-state index contributed by atoms with van der Waals surface area (Å²) in [6.45, 7) is 1.39. The number of amides is 1. The Morgan fingerprint density at radius 1 is 1.14 bits per heavy atom. The summed E-state index contributed by atoms with van der Waals surface area (Å²) >= 11 is 5.86. The number of rotatable bonds is 6. The maximum absolute atomic E-state index is 12.8. The van der Waals surface area contributed by atoms with E-state index in [-0.39, 0.29) is 22.3 Å². The lowest BCUT2D eigenvalue weighted by molar-refractivity contribution is -0.126. The average molecular weight is 442 g/mol. The van der Waals surface area contributed by atoms with Crippen molar-refractivity contribution in [1.29, 1.82) is 0 Å². The zero-order valence-corrected chi connectivity index (χ0v) is 18.9. The molecule has 0 bridgehead atoms. The molecule has 1 saturated carbocycles. The van der Waals surface area contributed by atoms with Crippen molar-refractivity contribution >= 4 is 27.5 Å². The summed E-state index contributed by atoms with van der Waals surface area (Å²) in [5.74, 6) is -0.0743. The number of nitrogens with one attached hydrogen (secondary N) is 1. The van der Waals surface area contributed by atoms with E-state index in [1.807, 2.05) is 0 Å². The third-order valence-corrected chi connectivity index (χ3v) is 8.77. The van der Waals surface area contributed by atoms with Crippen molar-refractivity contribution in [2.24, 2.45) is 5.92 Å². The second kappa shape index (κ2) is 9.33. The van der Waals surface area contributed by atoms with E-state index in [2.05, 4.69) is 24.3 Å². The molecule has 1 aliphatic carbocycles. The molecule has 0 aromatic heterocycles. The molecule has 3 rings (SSSR count). The summed E-state index contributed by atoms with van der Waals surface area (Å²) in [5, 5.41) is 3.68. The minimum atomic E-state index is -3.54. The van der Waals surface area contributed by atoms with Crippen LogP contribution in [0.4, 0.5) is 0 Å². The van der Waals surface area contributed by atoms with Crippen molar-refractivity contribution < 1.29 is 13.2 Å². The normalized spacial score (nSPS) is 21.2. The molecule has 6 nitrogen and oxygen atoms in total. The standard InChI is InChI=1S/C21H32ClN3O3S/c1-24(2)21(12-4-3-5-13-21)16-23-20(26)17-10-14-25(15-11-17)29(27,28)19-8-6-18(22)7-9-19/h6-9,17H,3-5,10-16H2,1-2H3,(H,23,26). The van der Waals surface area contributed by atoms with E-state index >= 15 is 0 Å². The van der Waals surface area contributed by atoms with Crippen LogP contribution in [0.2, 0.25) is 5.02 Å². The van der Waals surface area contributed by atoms with E-state index in [1.165, 1.54) is 35.7 Å². The van der Waals surface area contributed by atoms with Crippen LogP contribution in [0.1, 0.15) is 44.9 Å². The van der Waals surface area contributed by atoms with Crippen LogP contribution in [0.5, 0.6) is 0 Å². The molecule has 1 aromatic rings. The lowest BCUT2D eigenvalue weighted by atomic mass is 9.80. The topological polar surface area (TPSA) is 69.7 Å². The van der Waals surface area contributed by atoms with Crippen molar-refractivity contribution in [3.05, 3.63) is 29.3 Å². The maximum Gasteiger partial charge on any atom is 0.243 e. The van der Waals surface area contributed by atoms with Crippen LogP contribution in [0.3, 0.4) is 0 Å². The Morgan fingerprint density at radius 3 is 2.28 bits per heavy atom. The largest absolute Gasteiger partial charge is 0.354 e. The number of hydrogen-bond acceptors (Lipinski definition) is 4. The molecule has 1 N–H and O–H groups in total. The summed E-state index contributed by atoms with van der Waals surface area (Å²) < 4.78 is 27.1. The monoisotopic (exact) mass is 441 g/mol. The third kappa shape index (κ3) is 5.13. The second-order valence-electron chi connectivity index (χ2n) is 8.53. The predicted molar refractivity (Wildman–Crippen MR) is 115 cm³/mol. The highest BCUT2D eigenvalue weighted by Gasteiger charge is 2.36. The third-order valence-electron chi connectivity index (χ3n) is 6.60. The molecule has 8 heteroatoms. The fourth-order valence-electron chi connectivity index (χ4n) is 4.50. The first-order chi connectivity index (χ1) is 13.7. The summed E-state index contributed by atoms with van der Waals surface area (Å²) in [5.41, 5.74) is 0.0481. The summed E-state index contributed by atoms with van der Waals surface area (Å²) in [7, 11) is 0.648. The van der Waals surface area contributed by atoms with Gasteiger partial charge >= 0.3 is 0 Å².